The van der Waals surface area contributed by atoms with Crippen LogP contribution in [0.5, 0.6) is 5.75 Å². The Morgan fingerprint density at radius 1 is 1.12 bits per heavy atom. The highest BCUT2D eigenvalue weighted by molar-refractivity contribution is 5.85. The number of aromatic amines is 1. The number of nitrogens with zero attached hydrogens (tertiary/aromatic N) is 2. The number of methoxy groups -OCH3 is 1. The second kappa shape index (κ2) is 7.69. The van der Waals surface area contributed by atoms with Gasteiger partial charge < -0.3 is 9.47 Å². The summed E-state index contributed by atoms with van der Waals surface area (Å²) in [5.41, 5.74) is 2.30. The van der Waals surface area contributed by atoms with Crippen LogP contribution < -0.4 is 10.1 Å². The Labute approximate surface area is 151 Å². The molecule has 0 saturated heterocycles. The standard InChI is InChI=1S/C19H20N4O3/c1-12(2)26-19(24)20-15-6-4-5-14(11-15)18-21-17(22-23-18)13-7-9-16(25-3)10-8-13/h4-12H,1-3H3,(H,20,24)(H,21,22,23). The molecule has 0 fully saturated rings. The summed E-state index contributed by atoms with van der Waals surface area (Å²) in [5, 5.41) is 9.89. The van der Waals surface area contributed by atoms with E-state index in [1.807, 2.05) is 36.4 Å². The van der Waals surface area contributed by atoms with Crippen LogP contribution in [-0.4, -0.2) is 34.5 Å². The second-order valence-corrected chi connectivity index (χ2v) is 5.90. The fourth-order valence-corrected chi connectivity index (χ4v) is 2.37. The SMILES string of the molecule is COc1ccc(-c2nc(-c3cccc(NC(=O)OC(C)C)c3)n[nH]2)cc1. The number of anilines is 1. The highest BCUT2D eigenvalue weighted by Gasteiger charge is 2.10. The number of H-pyrrole nitrogens is 1. The van der Waals surface area contributed by atoms with E-state index in [4.69, 9.17) is 9.47 Å². The number of amides is 1. The molecule has 2 N–H and O–H groups in total. The molecule has 7 nitrogen and oxygen atoms in total. The summed E-state index contributed by atoms with van der Waals surface area (Å²) in [5.74, 6) is 1.97. The van der Waals surface area contributed by atoms with Crippen LogP contribution in [0.4, 0.5) is 10.5 Å². The monoisotopic (exact) mass is 352 g/mol. The van der Waals surface area contributed by atoms with Crippen molar-refractivity contribution in [3.05, 3.63) is 48.5 Å². The first-order chi connectivity index (χ1) is 12.5. The molecule has 0 spiro atoms. The van der Waals surface area contributed by atoms with Gasteiger partial charge in [0.05, 0.1) is 13.2 Å². The van der Waals surface area contributed by atoms with Crippen molar-refractivity contribution in [2.45, 2.75) is 20.0 Å². The molecule has 3 rings (SSSR count). The van der Waals surface area contributed by atoms with E-state index < -0.39 is 6.09 Å². The molecule has 0 saturated carbocycles. The van der Waals surface area contributed by atoms with Crippen molar-refractivity contribution >= 4 is 11.8 Å². The van der Waals surface area contributed by atoms with Gasteiger partial charge in [-0.3, -0.25) is 10.4 Å². The summed E-state index contributed by atoms with van der Waals surface area (Å²) in [6, 6.07) is 14.8. The fraction of sp³-hybridized carbons (Fsp3) is 0.211. The lowest BCUT2D eigenvalue weighted by Gasteiger charge is -2.09. The lowest BCUT2D eigenvalue weighted by molar-refractivity contribution is 0.130. The number of ether oxygens (including phenoxy) is 2. The van der Waals surface area contributed by atoms with E-state index >= 15 is 0 Å². The third-order valence-corrected chi connectivity index (χ3v) is 3.56. The number of benzene rings is 2. The van der Waals surface area contributed by atoms with Gasteiger partial charge >= 0.3 is 6.09 Å². The predicted molar refractivity (Wildman–Crippen MR) is 99.0 cm³/mol. The smallest absolute Gasteiger partial charge is 0.411 e. The molecule has 1 amide bonds. The van der Waals surface area contributed by atoms with Crippen molar-refractivity contribution in [1.29, 1.82) is 0 Å². The van der Waals surface area contributed by atoms with Gasteiger partial charge in [-0.05, 0) is 50.2 Å². The zero-order valence-electron chi connectivity index (χ0n) is 14.8. The van der Waals surface area contributed by atoms with Gasteiger partial charge in [-0.15, -0.1) is 0 Å². The molecule has 0 aliphatic carbocycles. The van der Waals surface area contributed by atoms with Crippen LogP contribution >= 0.6 is 0 Å². The van der Waals surface area contributed by atoms with Crippen LogP contribution in [0.2, 0.25) is 0 Å². The third kappa shape index (κ3) is 4.18. The molecule has 1 aromatic heterocycles. The van der Waals surface area contributed by atoms with Gasteiger partial charge in [-0.1, -0.05) is 12.1 Å². The summed E-state index contributed by atoms with van der Waals surface area (Å²) < 4.78 is 10.2. The maximum Gasteiger partial charge on any atom is 0.411 e. The topological polar surface area (TPSA) is 89.1 Å². The summed E-state index contributed by atoms with van der Waals surface area (Å²) in [6.07, 6.45) is -0.677. The molecular weight excluding hydrogens is 332 g/mol. The Balaban J connectivity index is 1.78. The lowest BCUT2D eigenvalue weighted by Crippen LogP contribution is -2.17. The largest absolute Gasteiger partial charge is 0.497 e. The van der Waals surface area contributed by atoms with E-state index in [0.29, 0.717) is 17.3 Å². The molecule has 1 heterocycles. The molecule has 2 aromatic carbocycles. The van der Waals surface area contributed by atoms with E-state index in [9.17, 15) is 4.79 Å². The minimum atomic E-state index is -0.494. The minimum Gasteiger partial charge on any atom is -0.497 e. The average Bonchev–Trinajstić information content (AvgIpc) is 3.11. The van der Waals surface area contributed by atoms with Crippen LogP contribution in [0.1, 0.15) is 13.8 Å². The summed E-state index contributed by atoms with van der Waals surface area (Å²) in [4.78, 5) is 16.3. The van der Waals surface area contributed by atoms with E-state index in [-0.39, 0.29) is 6.10 Å². The molecule has 0 bridgehead atoms. The van der Waals surface area contributed by atoms with Gasteiger partial charge in [0.2, 0.25) is 0 Å². The molecule has 7 heteroatoms. The quantitative estimate of drug-likeness (QED) is 0.721. The minimum absolute atomic E-state index is 0.182. The van der Waals surface area contributed by atoms with E-state index in [2.05, 4.69) is 20.5 Å². The summed E-state index contributed by atoms with van der Waals surface area (Å²) in [7, 11) is 1.62. The van der Waals surface area contributed by atoms with Gasteiger partial charge in [0, 0.05) is 16.8 Å². The predicted octanol–water partition coefficient (Wildman–Crippen LogP) is 4.10. The highest BCUT2D eigenvalue weighted by Crippen LogP contribution is 2.24. The first kappa shape index (κ1) is 17.5. The number of hydrogen-bond acceptors (Lipinski definition) is 5. The van der Waals surface area contributed by atoms with Crippen LogP contribution in [0.3, 0.4) is 0 Å². The van der Waals surface area contributed by atoms with Crippen molar-refractivity contribution in [2.24, 2.45) is 0 Å². The van der Waals surface area contributed by atoms with Crippen molar-refractivity contribution in [1.82, 2.24) is 15.2 Å². The van der Waals surface area contributed by atoms with Crippen LogP contribution in [0, 0.1) is 0 Å². The molecule has 0 radical (unpaired) electrons. The third-order valence-electron chi connectivity index (χ3n) is 3.56. The maximum absolute atomic E-state index is 11.7. The number of carbonyl (C=O) groups excluding carboxylic acids is 1. The number of nitrogens with one attached hydrogen (secondary N) is 2. The molecule has 0 aliphatic rings. The second-order valence-electron chi connectivity index (χ2n) is 5.90. The van der Waals surface area contributed by atoms with Crippen molar-refractivity contribution in [2.75, 3.05) is 12.4 Å². The zero-order valence-corrected chi connectivity index (χ0v) is 14.8. The maximum atomic E-state index is 11.7. The Hall–Kier alpha value is -3.35. The Kier molecular flexibility index (Phi) is 5.17. The van der Waals surface area contributed by atoms with E-state index in [1.165, 1.54) is 0 Å². The van der Waals surface area contributed by atoms with Crippen molar-refractivity contribution < 1.29 is 14.3 Å². The molecule has 0 atom stereocenters. The molecule has 26 heavy (non-hydrogen) atoms. The average molecular weight is 352 g/mol. The molecular formula is C19H20N4O3. The normalized spacial score (nSPS) is 10.6. The van der Waals surface area contributed by atoms with E-state index in [1.54, 1.807) is 33.1 Å². The molecule has 134 valence electrons. The number of hydrogen-bond donors (Lipinski definition) is 2. The van der Waals surface area contributed by atoms with Gasteiger partial charge in [-0.2, -0.15) is 5.10 Å². The first-order valence-corrected chi connectivity index (χ1v) is 8.20. The number of carbonyl (C=O) groups is 1. The Morgan fingerprint density at radius 3 is 2.58 bits per heavy atom. The zero-order chi connectivity index (χ0) is 18.5. The highest BCUT2D eigenvalue weighted by atomic mass is 16.6. The van der Waals surface area contributed by atoms with Crippen LogP contribution in [-0.2, 0) is 4.74 Å². The lowest BCUT2D eigenvalue weighted by atomic mass is 10.2. The van der Waals surface area contributed by atoms with Crippen molar-refractivity contribution in [3.8, 4) is 28.5 Å². The summed E-state index contributed by atoms with van der Waals surface area (Å²) in [6.45, 7) is 3.59. The fourth-order valence-electron chi connectivity index (χ4n) is 2.37. The first-order valence-electron chi connectivity index (χ1n) is 8.20. The van der Waals surface area contributed by atoms with Crippen LogP contribution in [0.15, 0.2) is 48.5 Å². The van der Waals surface area contributed by atoms with Gasteiger partial charge in [0.15, 0.2) is 11.6 Å². The molecule has 3 aromatic rings. The van der Waals surface area contributed by atoms with Gasteiger partial charge in [0.25, 0.3) is 0 Å². The number of aromatic nitrogens is 3. The van der Waals surface area contributed by atoms with Gasteiger partial charge in [-0.25, -0.2) is 9.78 Å². The molecule has 0 aliphatic heterocycles. The van der Waals surface area contributed by atoms with Gasteiger partial charge in [0.1, 0.15) is 5.75 Å². The number of rotatable bonds is 5. The molecule has 0 unspecified atom stereocenters. The summed E-state index contributed by atoms with van der Waals surface area (Å²) >= 11 is 0. The Bertz CT molecular complexity index is 888. The van der Waals surface area contributed by atoms with E-state index in [0.717, 1.165) is 16.9 Å². The van der Waals surface area contributed by atoms with Crippen molar-refractivity contribution in [3.63, 3.8) is 0 Å². The van der Waals surface area contributed by atoms with Crippen LogP contribution in [0.25, 0.3) is 22.8 Å². The Morgan fingerprint density at radius 2 is 1.88 bits per heavy atom.